The summed E-state index contributed by atoms with van der Waals surface area (Å²) < 4.78 is 34.4. The number of ether oxygens (including phenoxy) is 2. The summed E-state index contributed by atoms with van der Waals surface area (Å²) in [5.41, 5.74) is 0. The minimum atomic E-state index is -4.64. The van der Waals surface area contributed by atoms with Crippen molar-refractivity contribution in [2.75, 3.05) is 47.5 Å². The van der Waals surface area contributed by atoms with Crippen LogP contribution in [0.5, 0.6) is 0 Å². The predicted molar refractivity (Wildman–Crippen MR) is 374 cm³/mol. The van der Waals surface area contributed by atoms with E-state index in [4.69, 9.17) is 18.5 Å². The highest BCUT2D eigenvalue weighted by atomic mass is 31.2. The largest absolute Gasteiger partial charge is 0.756 e. The number of quaternary nitrogens is 1. The van der Waals surface area contributed by atoms with Crippen LogP contribution in [0.25, 0.3) is 0 Å². The molecule has 0 bridgehead atoms. The number of carbonyl (C=O) groups excluding carboxylic acids is 2. The van der Waals surface area contributed by atoms with E-state index in [9.17, 15) is 19.0 Å². The molecule has 10 heteroatoms. The molecule has 9 nitrogen and oxygen atoms in total. The SMILES string of the molecule is CC/C=C\C/C=C\C/C=C\C/C=C\C/C=C\C/C=C\C/C=C\CCCCCCCCCCCCCCCCCC(=O)OC(COC(=O)CCCCCCCCCCCCCCCCCCCCCCCCCCCC)COP(=O)([O-])OCC[N+](C)(C)C. The standard InChI is InChI=1S/C77H140NO8P/c1-6-8-10-12-14-16-18-20-22-24-26-28-30-32-34-35-36-37-38-39-40-41-42-43-44-46-48-50-52-54-56-58-60-62-64-66-68-70-77(80)86-75(74-85-87(81,82)84-72-71-78(3,4)5)73-83-76(79)69-67-65-63-61-59-57-55-53-51-49-47-45-33-31-29-27-25-23-21-19-17-15-13-11-9-7-2/h8,10,14,16,20,22,26,28,32,34,36-37,39-40,75H,6-7,9,11-13,15,17-19,21,23-25,27,29-31,33,35,38,41-74H2,1-5H3/b10-8-,16-14-,22-20-,28-26-,34-32-,37-36-,40-39-. The van der Waals surface area contributed by atoms with Crippen LogP contribution in [0.4, 0.5) is 0 Å². The number of carbonyl (C=O) groups is 2. The highest BCUT2D eigenvalue weighted by Crippen LogP contribution is 2.38. The van der Waals surface area contributed by atoms with Gasteiger partial charge in [0.05, 0.1) is 27.7 Å². The predicted octanol–water partition coefficient (Wildman–Crippen LogP) is 23.5. The fourth-order valence-electron chi connectivity index (χ4n) is 10.6. The third-order valence-corrected chi connectivity index (χ3v) is 17.1. The van der Waals surface area contributed by atoms with Crippen LogP contribution < -0.4 is 4.89 Å². The highest BCUT2D eigenvalue weighted by molar-refractivity contribution is 7.45. The van der Waals surface area contributed by atoms with Gasteiger partial charge in [0.15, 0.2) is 6.10 Å². The molecule has 0 aliphatic rings. The second kappa shape index (κ2) is 67.6. The smallest absolute Gasteiger partial charge is 0.306 e. The summed E-state index contributed by atoms with van der Waals surface area (Å²) in [6.45, 7) is 4.18. The van der Waals surface area contributed by atoms with Crippen LogP contribution in [-0.4, -0.2) is 70.0 Å². The fourth-order valence-corrected chi connectivity index (χ4v) is 11.3. The van der Waals surface area contributed by atoms with E-state index in [-0.39, 0.29) is 32.0 Å². The van der Waals surface area contributed by atoms with Crippen LogP contribution in [0.15, 0.2) is 85.1 Å². The van der Waals surface area contributed by atoms with E-state index in [1.54, 1.807) is 0 Å². The summed E-state index contributed by atoms with van der Waals surface area (Å²) in [6, 6.07) is 0. The molecule has 2 atom stereocenters. The van der Waals surface area contributed by atoms with Crippen molar-refractivity contribution in [2.45, 2.75) is 347 Å². The molecule has 0 aromatic rings. The number of allylic oxidation sites excluding steroid dienone is 14. The van der Waals surface area contributed by atoms with Gasteiger partial charge in [-0.05, 0) is 70.6 Å². The average molecular weight is 1240 g/mol. The van der Waals surface area contributed by atoms with Crippen LogP contribution in [0.1, 0.15) is 341 Å². The van der Waals surface area contributed by atoms with E-state index in [1.165, 1.54) is 225 Å². The first kappa shape index (κ1) is 84.2. The Morgan fingerprint density at radius 1 is 0.368 bits per heavy atom. The van der Waals surface area contributed by atoms with Crippen molar-refractivity contribution in [3.05, 3.63) is 85.1 Å². The monoisotopic (exact) mass is 1240 g/mol. The van der Waals surface area contributed by atoms with Crippen molar-refractivity contribution < 1.29 is 42.1 Å². The lowest BCUT2D eigenvalue weighted by Gasteiger charge is -2.28. The third-order valence-electron chi connectivity index (χ3n) is 16.2. The molecule has 0 aromatic carbocycles. The Hall–Kier alpha value is -2.81. The molecule has 0 radical (unpaired) electrons. The van der Waals surface area contributed by atoms with Crippen molar-refractivity contribution in [3.63, 3.8) is 0 Å². The number of rotatable bonds is 68. The van der Waals surface area contributed by atoms with Crippen LogP contribution in [0.3, 0.4) is 0 Å². The number of likely N-dealkylation sites (N-methyl/N-ethyl adjacent to an activating group) is 1. The third kappa shape index (κ3) is 72.1. The highest BCUT2D eigenvalue weighted by Gasteiger charge is 2.22. The number of phosphoric acid groups is 1. The van der Waals surface area contributed by atoms with E-state index in [0.29, 0.717) is 17.4 Å². The molecular formula is C77H140NO8P. The lowest BCUT2D eigenvalue weighted by Crippen LogP contribution is -2.37. The summed E-state index contributed by atoms with van der Waals surface area (Å²) in [5, 5.41) is 0. The Balaban J connectivity index is 4.00. The molecule has 0 saturated heterocycles. The molecule has 506 valence electrons. The van der Waals surface area contributed by atoms with E-state index in [2.05, 4.69) is 98.9 Å². The van der Waals surface area contributed by atoms with Crippen LogP contribution in [0, 0.1) is 0 Å². The molecule has 0 saturated carbocycles. The summed E-state index contributed by atoms with van der Waals surface area (Å²) in [7, 11) is 1.18. The number of esters is 2. The summed E-state index contributed by atoms with van der Waals surface area (Å²) >= 11 is 0. The van der Waals surface area contributed by atoms with Crippen molar-refractivity contribution in [3.8, 4) is 0 Å². The Labute approximate surface area is 539 Å². The van der Waals surface area contributed by atoms with Gasteiger partial charge in [-0.15, -0.1) is 0 Å². The molecular weight excluding hydrogens is 1100 g/mol. The van der Waals surface area contributed by atoms with Crippen molar-refractivity contribution in [1.82, 2.24) is 0 Å². The quantitative estimate of drug-likeness (QED) is 0.0195. The second-order valence-electron chi connectivity index (χ2n) is 25.9. The zero-order chi connectivity index (χ0) is 63.4. The summed E-state index contributed by atoms with van der Waals surface area (Å²) in [5.74, 6) is -0.818. The molecule has 0 rings (SSSR count). The van der Waals surface area contributed by atoms with Crippen LogP contribution in [-0.2, 0) is 32.7 Å². The van der Waals surface area contributed by atoms with Crippen molar-refractivity contribution in [1.29, 1.82) is 0 Å². The van der Waals surface area contributed by atoms with Gasteiger partial charge in [0.2, 0.25) is 0 Å². The zero-order valence-electron chi connectivity index (χ0n) is 57.7. The van der Waals surface area contributed by atoms with Gasteiger partial charge in [-0.2, -0.15) is 0 Å². The fraction of sp³-hybridized carbons (Fsp3) is 0.792. The van der Waals surface area contributed by atoms with Gasteiger partial charge in [-0.1, -0.05) is 343 Å². The molecule has 0 spiro atoms. The number of hydrogen-bond acceptors (Lipinski definition) is 8. The molecule has 87 heavy (non-hydrogen) atoms. The molecule has 0 heterocycles. The lowest BCUT2D eigenvalue weighted by atomic mass is 10.0. The summed E-state index contributed by atoms with van der Waals surface area (Å²) in [6.07, 6.45) is 92.5. The first-order valence-corrected chi connectivity index (χ1v) is 38.3. The average Bonchev–Trinajstić information content (AvgIpc) is 3.56. The second-order valence-corrected chi connectivity index (χ2v) is 27.3. The van der Waals surface area contributed by atoms with Crippen LogP contribution >= 0.6 is 7.82 Å². The van der Waals surface area contributed by atoms with E-state index < -0.39 is 26.5 Å². The first-order chi connectivity index (χ1) is 42.5. The number of unbranched alkanes of at least 4 members (excludes halogenated alkanes) is 40. The van der Waals surface area contributed by atoms with E-state index in [1.807, 2.05) is 21.1 Å². The lowest BCUT2D eigenvalue weighted by molar-refractivity contribution is -0.870. The normalized spacial score (nSPS) is 13.6. The molecule has 0 amide bonds. The Morgan fingerprint density at radius 2 is 0.655 bits per heavy atom. The van der Waals surface area contributed by atoms with Crippen molar-refractivity contribution >= 4 is 19.8 Å². The first-order valence-electron chi connectivity index (χ1n) is 36.8. The molecule has 0 N–H and O–H groups in total. The maximum Gasteiger partial charge on any atom is 0.306 e. The van der Waals surface area contributed by atoms with Gasteiger partial charge in [-0.3, -0.25) is 14.2 Å². The molecule has 0 aliphatic heterocycles. The van der Waals surface area contributed by atoms with E-state index >= 15 is 0 Å². The molecule has 0 fully saturated rings. The zero-order valence-corrected chi connectivity index (χ0v) is 58.6. The number of hydrogen-bond donors (Lipinski definition) is 0. The Bertz CT molecular complexity index is 1740. The van der Waals surface area contributed by atoms with Crippen LogP contribution in [0.2, 0.25) is 0 Å². The van der Waals surface area contributed by atoms with Gasteiger partial charge in [0.1, 0.15) is 19.8 Å². The Kier molecular flexibility index (Phi) is 65.4. The van der Waals surface area contributed by atoms with Gasteiger partial charge < -0.3 is 27.9 Å². The number of nitrogens with zero attached hydrogens (tertiary/aromatic N) is 1. The van der Waals surface area contributed by atoms with E-state index in [0.717, 1.165) is 83.5 Å². The number of phosphoric ester groups is 1. The molecule has 2 unspecified atom stereocenters. The van der Waals surface area contributed by atoms with Gasteiger partial charge in [-0.25, -0.2) is 0 Å². The maximum absolute atomic E-state index is 12.9. The minimum absolute atomic E-state index is 0.0308. The molecule has 0 aromatic heterocycles. The van der Waals surface area contributed by atoms with Gasteiger partial charge >= 0.3 is 11.9 Å². The van der Waals surface area contributed by atoms with Gasteiger partial charge in [0, 0.05) is 12.8 Å². The molecule has 0 aliphatic carbocycles. The maximum atomic E-state index is 12.9. The van der Waals surface area contributed by atoms with Gasteiger partial charge in [0.25, 0.3) is 7.82 Å². The Morgan fingerprint density at radius 3 is 0.977 bits per heavy atom. The van der Waals surface area contributed by atoms with Crippen molar-refractivity contribution in [2.24, 2.45) is 0 Å². The summed E-state index contributed by atoms with van der Waals surface area (Å²) in [4.78, 5) is 38.1. The minimum Gasteiger partial charge on any atom is -0.756 e. The topological polar surface area (TPSA) is 111 Å².